The van der Waals surface area contributed by atoms with Gasteiger partial charge in [-0.2, -0.15) is 0 Å². The first-order valence-corrected chi connectivity index (χ1v) is 7.44. The summed E-state index contributed by atoms with van der Waals surface area (Å²) in [6.07, 6.45) is 0. The molecule has 7 heteroatoms. The topological polar surface area (TPSA) is 35.6 Å². The van der Waals surface area contributed by atoms with E-state index in [1.54, 1.807) is 0 Å². The number of nitrogens with zero attached hydrogens (tertiary/aromatic N) is 2. The van der Waals surface area contributed by atoms with Crippen LogP contribution in [0, 0.1) is 5.92 Å². The number of benzene rings is 1. The monoisotopic (exact) mass is 367 g/mol. The third kappa shape index (κ3) is 5.20. The average molecular weight is 369 g/mol. The second-order valence-corrected chi connectivity index (χ2v) is 5.63. The van der Waals surface area contributed by atoms with Gasteiger partial charge in [0.25, 0.3) is 0 Å². The van der Waals surface area contributed by atoms with Crippen molar-refractivity contribution in [2.45, 2.75) is 6.92 Å². The fourth-order valence-electron chi connectivity index (χ4n) is 2.58. The highest BCUT2D eigenvalue weighted by Gasteiger charge is 2.25. The molecule has 1 atom stereocenters. The van der Waals surface area contributed by atoms with E-state index >= 15 is 0 Å². The first-order valence-electron chi connectivity index (χ1n) is 7.06. The van der Waals surface area contributed by atoms with Gasteiger partial charge in [-0.05, 0) is 19.2 Å². The Bertz CT molecular complexity index is 465. The van der Waals surface area contributed by atoms with Crippen molar-refractivity contribution >= 4 is 48.0 Å². The van der Waals surface area contributed by atoms with Gasteiger partial charge in [0.1, 0.15) is 0 Å². The number of anilines is 1. The summed E-state index contributed by atoms with van der Waals surface area (Å²) < 4.78 is 0. The number of nitrogens with one attached hydrogen (secondary N) is 1. The summed E-state index contributed by atoms with van der Waals surface area (Å²) in [5.74, 6) is 0.269. The lowest BCUT2D eigenvalue weighted by molar-refractivity contribution is -0.135. The number of halogens is 3. The molecule has 1 aromatic rings. The second kappa shape index (κ2) is 10.2. The molecule has 1 unspecified atom stereocenters. The van der Waals surface area contributed by atoms with Crippen LogP contribution in [0.25, 0.3) is 0 Å². The minimum Gasteiger partial charge on any atom is -0.367 e. The molecule has 0 radical (unpaired) electrons. The zero-order chi connectivity index (χ0) is 14.5. The summed E-state index contributed by atoms with van der Waals surface area (Å²) in [6.45, 7) is 5.89. The molecule has 1 aliphatic rings. The molecular formula is C15H24Cl3N3O. The van der Waals surface area contributed by atoms with E-state index in [2.05, 4.69) is 10.2 Å². The first-order chi connectivity index (χ1) is 9.63. The van der Waals surface area contributed by atoms with E-state index in [0.29, 0.717) is 0 Å². The van der Waals surface area contributed by atoms with Crippen LogP contribution >= 0.6 is 36.4 Å². The molecule has 1 N–H and O–H groups in total. The molecular weight excluding hydrogens is 345 g/mol. The highest BCUT2D eigenvalue weighted by atomic mass is 35.5. The Morgan fingerprint density at radius 1 is 1.23 bits per heavy atom. The van der Waals surface area contributed by atoms with Gasteiger partial charge in [-0.15, -0.1) is 24.8 Å². The summed E-state index contributed by atoms with van der Waals surface area (Å²) >= 11 is 6.22. The number of piperazine rings is 1. The van der Waals surface area contributed by atoms with Crippen LogP contribution in [0.4, 0.5) is 5.69 Å². The number of para-hydroxylation sites is 1. The smallest absolute Gasteiger partial charge is 0.226 e. The summed E-state index contributed by atoms with van der Waals surface area (Å²) in [5.41, 5.74) is 1.06. The summed E-state index contributed by atoms with van der Waals surface area (Å²) in [4.78, 5) is 16.4. The molecule has 0 spiro atoms. The maximum Gasteiger partial charge on any atom is 0.226 e. The summed E-state index contributed by atoms with van der Waals surface area (Å²) in [6, 6.07) is 7.87. The standard InChI is InChI=1S/C15H22ClN3O.2ClH/c1-12(11-17-2)15(20)19-9-7-18(8-10-19)14-6-4-3-5-13(14)16;;/h3-6,12,17H,7-11H2,1-2H3;2*1H. The summed E-state index contributed by atoms with van der Waals surface area (Å²) in [5, 5.41) is 3.83. The van der Waals surface area contributed by atoms with Crippen LogP contribution in [-0.4, -0.2) is 50.6 Å². The molecule has 1 heterocycles. The van der Waals surface area contributed by atoms with Crippen molar-refractivity contribution < 1.29 is 4.79 Å². The van der Waals surface area contributed by atoms with Crippen molar-refractivity contribution in [1.82, 2.24) is 10.2 Å². The van der Waals surface area contributed by atoms with E-state index in [0.717, 1.165) is 43.4 Å². The van der Waals surface area contributed by atoms with Crippen LogP contribution in [0.15, 0.2) is 24.3 Å². The fourth-order valence-corrected chi connectivity index (χ4v) is 2.84. The van der Waals surface area contributed by atoms with Crippen LogP contribution in [0.1, 0.15) is 6.92 Å². The maximum atomic E-state index is 12.2. The fraction of sp³-hybridized carbons (Fsp3) is 0.533. The lowest BCUT2D eigenvalue weighted by Crippen LogP contribution is -2.51. The number of rotatable bonds is 4. The van der Waals surface area contributed by atoms with Crippen LogP contribution in [-0.2, 0) is 4.79 Å². The minimum atomic E-state index is 0. The van der Waals surface area contributed by atoms with Gasteiger partial charge in [0, 0.05) is 38.6 Å². The molecule has 4 nitrogen and oxygen atoms in total. The third-order valence-electron chi connectivity index (χ3n) is 3.72. The number of carbonyl (C=O) groups is 1. The van der Waals surface area contributed by atoms with Crippen molar-refractivity contribution in [2.24, 2.45) is 5.92 Å². The molecule has 0 aromatic heterocycles. The predicted molar refractivity (Wildman–Crippen MR) is 97.8 cm³/mol. The van der Waals surface area contributed by atoms with Gasteiger partial charge in [-0.3, -0.25) is 4.79 Å². The van der Waals surface area contributed by atoms with E-state index in [9.17, 15) is 4.79 Å². The molecule has 0 bridgehead atoms. The zero-order valence-corrected chi connectivity index (χ0v) is 15.3. The van der Waals surface area contributed by atoms with Gasteiger partial charge in [-0.25, -0.2) is 0 Å². The molecule has 1 fully saturated rings. The first kappa shape index (κ1) is 21.3. The second-order valence-electron chi connectivity index (χ2n) is 5.22. The van der Waals surface area contributed by atoms with Crippen molar-refractivity contribution in [1.29, 1.82) is 0 Å². The van der Waals surface area contributed by atoms with Crippen LogP contribution in [0.5, 0.6) is 0 Å². The highest BCUT2D eigenvalue weighted by Crippen LogP contribution is 2.26. The largest absolute Gasteiger partial charge is 0.367 e. The Hall–Kier alpha value is -0.680. The Morgan fingerprint density at radius 3 is 2.36 bits per heavy atom. The molecule has 1 aromatic carbocycles. The van der Waals surface area contributed by atoms with Crippen molar-refractivity contribution in [3.63, 3.8) is 0 Å². The number of amides is 1. The average Bonchev–Trinajstić information content (AvgIpc) is 2.47. The lowest BCUT2D eigenvalue weighted by Gasteiger charge is -2.37. The molecule has 1 aliphatic heterocycles. The van der Waals surface area contributed by atoms with Crippen molar-refractivity contribution in [3.8, 4) is 0 Å². The van der Waals surface area contributed by atoms with E-state index < -0.39 is 0 Å². The molecule has 2 rings (SSSR count). The van der Waals surface area contributed by atoms with Crippen molar-refractivity contribution in [3.05, 3.63) is 29.3 Å². The van der Waals surface area contributed by atoms with Gasteiger partial charge in [0.15, 0.2) is 0 Å². The molecule has 1 saturated heterocycles. The van der Waals surface area contributed by atoms with E-state index in [1.165, 1.54) is 0 Å². The van der Waals surface area contributed by atoms with Gasteiger partial charge in [0.2, 0.25) is 5.91 Å². The van der Waals surface area contributed by atoms with Crippen molar-refractivity contribution in [2.75, 3.05) is 44.7 Å². The Labute approximate surface area is 150 Å². The SMILES string of the molecule is CNCC(C)C(=O)N1CCN(c2ccccc2Cl)CC1.Cl.Cl. The summed E-state index contributed by atoms with van der Waals surface area (Å²) in [7, 11) is 1.87. The Morgan fingerprint density at radius 2 is 1.82 bits per heavy atom. The number of carbonyl (C=O) groups excluding carboxylic acids is 1. The minimum absolute atomic E-state index is 0. The Balaban J connectivity index is 0.00000220. The molecule has 22 heavy (non-hydrogen) atoms. The van der Waals surface area contributed by atoms with E-state index in [1.807, 2.05) is 43.1 Å². The van der Waals surface area contributed by atoms with Crippen LogP contribution in [0.3, 0.4) is 0 Å². The lowest BCUT2D eigenvalue weighted by atomic mass is 10.1. The van der Waals surface area contributed by atoms with E-state index in [-0.39, 0.29) is 36.6 Å². The Kier molecular flexibility index (Phi) is 9.85. The van der Waals surface area contributed by atoms with Crippen LogP contribution < -0.4 is 10.2 Å². The maximum absolute atomic E-state index is 12.2. The molecule has 0 saturated carbocycles. The molecule has 0 aliphatic carbocycles. The quantitative estimate of drug-likeness (QED) is 0.887. The van der Waals surface area contributed by atoms with E-state index in [4.69, 9.17) is 11.6 Å². The van der Waals surface area contributed by atoms with Gasteiger partial charge in [-0.1, -0.05) is 30.7 Å². The zero-order valence-electron chi connectivity index (χ0n) is 12.9. The number of hydrogen-bond donors (Lipinski definition) is 1. The normalized spacial score (nSPS) is 15.6. The number of hydrogen-bond acceptors (Lipinski definition) is 3. The van der Waals surface area contributed by atoms with Gasteiger partial charge >= 0.3 is 0 Å². The predicted octanol–water partition coefficient (Wildman–Crippen LogP) is 2.69. The van der Waals surface area contributed by atoms with Crippen LogP contribution in [0.2, 0.25) is 5.02 Å². The van der Waals surface area contributed by atoms with Gasteiger partial charge < -0.3 is 15.1 Å². The third-order valence-corrected chi connectivity index (χ3v) is 4.04. The van der Waals surface area contributed by atoms with Gasteiger partial charge in [0.05, 0.1) is 10.7 Å². The molecule has 126 valence electrons. The highest BCUT2D eigenvalue weighted by molar-refractivity contribution is 6.33. The molecule has 1 amide bonds.